The van der Waals surface area contributed by atoms with Crippen molar-refractivity contribution in [3.63, 3.8) is 0 Å². The van der Waals surface area contributed by atoms with Gasteiger partial charge in [0.1, 0.15) is 11.4 Å². The number of likely N-dealkylation sites (tertiary alicyclic amines) is 1. The highest BCUT2D eigenvalue weighted by molar-refractivity contribution is 9.10. The van der Waals surface area contributed by atoms with Gasteiger partial charge in [0, 0.05) is 11.0 Å². The minimum atomic E-state index is -0.500. The molecule has 3 nitrogen and oxygen atoms in total. The average Bonchev–Trinajstić information content (AvgIpc) is 2.86. The molecule has 5 heteroatoms. The average molecular weight is 370 g/mol. The lowest BCUT2D eigenvalue weighted by molar-refractivity contribution is 0.0256. The molecular weight excluding hydrogens is 349 g/mol. The Bertz CT molecular complexity index is 581. The van der Waals surface area contributed by atoms with Crippen molar-refractivity contribution in [3.05, 3.63) is 40.1 Å². The number of hydrogen-bond acceptors (Lipinski definition) is 2. The van der Waals surface area contributed by atoms with Crippen molar-refractivity contribution in [1.82, 2.24) is 4.90 Å². The van der Waals surface area contributed by atoms with Crippen LogP contribution >= 0.6 is 15.9 Å². The quantitative estimate of drug-likeness (QED) is 0.733. The lowest BCUT2D eigenvalue weighted by atomic mass is 10.1. The van der Waals surface area contributed by atoms with Crippen LogP contribution in [0.25, 0.3) is 6.08 Å². The Morgan fingerprint density at radius 2 is 2.18 bits per heavy atom. The third kappa shape index (κ3) is 4.57. The monoisotopic (exact) mass is 369 g/mol. The molecule has 1 aliphatic heterocycles. The lowest BCUT2D eigenvalue weighted by Gasteiger charge is -2.27. The van der Waals surface area contributed by atoms with Gasteiger partial charge < -0.3 is 9.64 Å². The van der Waals surface area contributed by atoms with Gasteiger partial charge in [0.05, 0.1) is 6.04 Å². The summed E-state index contributed by atoms with van der Waals surface area (Å²) in [5.74, 6) is -0.279. The maximum absolute atomic E-state index is 13.3. The van der Waals surface area contributed by atoms with Crippen molar-refractivity contribution < 1.29 is 13.9 Å². The molecule has 0 aliphatic carbocycles. The summed E-state index contributed by atoms with van der Waals surface area (Å²) in [6.07, 6.45) is 5.33. The predicted molar refractivity (Wildman–Crippen MR) is 89.1 cm³/mol. The lowest BCUT2D eigenvalue weighted by Crippen LogP contribution is -2.39. The second-order valence-corrected chi connectivity index (χ2v) is 7.26. The highest BCUT2D eigenvalue weighted by atomic mass is 79.9. The second kappa shape index (κ2) is 6.82. The van der Waals surface area contributed by atoms with Crippen LogP contribution in [-0.4, -0.2) is 29.2 Å². The first-order chi connectivity index (χ1) is 10.3. The van der Waals surface area contributed by atoms with E-state index in [2.05, 4.69) is 15.9 Å². The van der Waals surface area contributed by atoms with Gasteiger partial charge in [0.15, 0.2) is 0 Å². The van der Waals surface area contributed by atoms with Gasteiger partial charge in [-0.15, -0.1) is 0 Å². The van der Waals surface area contributed by atoms with E-state index >= 15 is 0 Å². The topological polar surface area (TPSA) is 29.5 Å². The molecule has 0 saturated carbocycles. The van der Waals surface area contributed by atoms with E-state index in [1.165, 1.54) is 12.1 Å². The zero-order valence-electron chi connectivity index (χ0n) is 13.1. The van der Waals surface area contributed by atoms with Crippen LogP contribution in [-0.2, 0) is 4.74 Å². The van der Waals surface area contributed by atoms with Crippen LogP contribution < -0.4 is 0 Å². The first-order valence-electron chi connectivity index (χ1n) is 7.39. The molecule has 1 aliphatic rings. The van der Waals surface area contributed by atoms with Crippen LogP contribution in [0, 0.1) is 5.82 Å². The van der Waals surface area contributed by atoms with Gasteiger partial charge in [-0.3, -0.25) is 0 Å². The molecule has 0 N–H and O–H groups in total. The van der Waals surface area contributed by atoms with E-state index in [1.54, 1.807) is 11.0 Å². The Morgan fingerprint density at radius 3 is 2.86 bits per heavy atom. The summed E-state index contributed by atoms with van der Waals surface area (Å²) in [5, 5.41) is 0. The molecule has 0 spiro atoms. The molecule has 22 heavy (non-hydrogen) atoms. The molecule has 0 bridgehead atoms. The van der Waals surface area contributed by atoms with Crippen LogP contribution in [0.5, 0.6) is 0 Å². The van der Waals surface area contributed by atoms with Crippen molar-refractivity contribution in [2.24, 2.45) is 0 Å². The Morgan fingerprint density at radius 1 is 1.45 bits per heavy atom. The Labute approximate surface area is 139 Å². The minimum Gasteiger partial charge on any atom is -0.444 e. The number of nitrogens with zero attached hydrogens (tertiary/aromatic N) is 1. The van der Waals surface area contributed by atoms with Crippen molar-refractivity contribution in [2.45, 2.75) is 45.3 Å². The van der Waals surface area contributed by atoms with Crippen LogP contribution in [0.3, 0.4) is 0 Å². The van der Waals surface area contributed by atoms with Crippen molar-refractivity contribution in [1.29, 1.82) is 0 Å². The molecule has 0 aromatic heterocycles. The van der Waals surface area contributed by atoms with Gasteiger partial charge in [-0.1, -0.05) is 28.1 Å². The molecule has 1 atom stereocenters. The third-order valence-electron chi connectivity index (χ3n) is 3.38. The molecule has 1 saturated heterocycles. The van der Waals surface area contributed by atoms with Crippen LogP contribution in [0.4, 0.5) is 9.18 Å². The summed E-state index contributed by atoms with van der Waals surface area (Å²) in [7, 11) is 0. The van der Waals surface area contributed by atoms with E-state index in [0.29, 0.717) is 6.54 Å². The normalized spacial score (nSPS) is 19.0. The van der Waals surface area contributed by atoms with E-state index in [1.807, 2.05) is 32.9 Å². The molecule has 2 rings (SSSR count). The standard InChI is InChI=1S/C17H21BrFNO2/c1-17(2,3)22-16(21)20-10-4-5-14(20)8-6-12-11-13(19)7-9-15(12)18/h6-9,11,14H,4-5,10H2,1-3H3/b8-6+/t14-/m1/s1. The van der Waals surface area contributed by atoms with E-state index < -0.39 is 5.60 Å². The summed E-state index contributed by atoms with van der Waals surface area (Å²) >= 11 is 3.40. The van der Waals surface area contributed by atoms with Crippen molar-refractivity contribution >= 4 is 28.1 Å². The molecule has 120 valence electrons. The van der Waals surface area contributed by atoms with E-state index in [-0.39, 0.29) is 18.0 Å². The van der Waals surface area contributed by atoms with Crippen LogP contribution in [0.1, 0.15) is 39.2 Å². The SMILES string of the molecule is CC(C)(C)OC(=O)N1CCC[C@@H]1/C=C/c1cc(F)ccc1Br. The largest absolute Gasteiger partial charge is 0.444 e. The highest BCUT2D eigenvalue weighted by Crippen LogP contribution is 2.24. The van der Waals surface area contributed by atoms with Crippen LogP contribution in [0.2, 0.25) is 0 Å². The summed E-state index contributed by atoms with van der Waals surface area (Å²) in [5.41, 5.74) is 0.260. The minimum absolute atomic E-state index is 0.00924. The molecule has 1 fully saturated rings. The van der Waals surface area contributed by atoms with Gasteiger partial charge in [-0.25, -0.2) is 9.18 Å². The molecule has 1 amide bonds. The first kappa shape index (κ1) is 17.0. The Kier molecular flexibility index (Phi) is 5.27. The summed E-state index contributed by atoms with van der Waals surface area (Å²) in [4.78, 5) is 13.9. The number of benzene rings is 1. The summed E-state index contributed by atoms with van der Waals surface area (Å²) in [6, 6.07) is 4.54. The predicted octanol–water partition coefficient (Wildman–Crippen LogP) is 5.00. The zero-order valence-corrected chi connectivity index (χ0v) is 14.7. The van der Waals surface area contributed by atoms with E-state index in [4.69, 9.17) is 4.74 Å². The summed E-state index contributed by atoms with van der Waals surface area (Å²) < 4.78 is 19.6. The highest BCUT2D eigenvalue weighted by Gasteiger charge is 2.30. The fourth-order valence-corrected chi connectivity index (χ4v) is 2.78. The Hall–Kier alpha value is -1.36. The van der Waals surface area contributed by atoms with Crippen molar-refractivity contribution in [3.8, 4) is 0 Å². The fraction of sp³-hybridized carbons (Fsp3) is 0.471. The molecular formula is C17H21BrFNO2. The molecule has 0 unspecified atom stereocenters. The van der Waals surface area contributed by atoms with E-state index in [0.717, 1.165) is 22.9 Å². The number of carbonyl (C=O) groups is 1. The molecule has 1 heterocycles. The molecule has 1 aromatic rings. The number of hydrogen-bond donors (Lipinski definition) is 0. The molecule has 1 aromatic carbocycles. The second-order valence-electron chi connectivity index (χ2n) is 6.41. The number of rotatable bonds is 2. The van der Waals surface area contributed by atoms with E-state index in [9.17, 15) is 9.18 Å². The van der Waals surface area contributed by atoms with Crippen molar-refractivity contribution in [2.75, 3.05) is 6.54 Å². The number of ether oxygens (including phenoxy) is 1. The van der Waals surface area contributed by atoms with Gasteiger partial charge in [0.2, 0.25) is 0 Å². The third-order valence-corrected chi connectivity index (χ3v) is 4.11. The van der Waals surface area contributed by atoms with Gasteiger partial charge in [0.25, 0.3) is 0 Å². The van der Waals surface area contributed by atoms with Gasteiger partial charge >= 0.3 is 6.09 Å². The maximum atomic E-state index is 13.3. The summed E-state index contributed by atoms with van der Waals surface area (Å²) in [6.45, 7) is 6.26. The van der Waals surface area contributed by atoms with Crippen LogP contribution in [0.15, 0.2) is 28.7 Å². The van der Waals surface area contributed by atoms with Gasteiger partial charge in [-0.2, -0.15) is 0 Å². The number of carbonyl (C=O) groups excluding carboxylic acids is 1. The molecule has 0 radical (unpaired) electrons. The first-order valence-corrected chi connectivity index (χ1v) is 8.18. The number of halogens is 2. The fourth-order valence-electron chi connectivity index (χ4n) is 2.40. The van der Waals surface area contributed by atoms with Gasteiger partial charge in [-0.05, 0) is 57.4 Å². The smallest absolute Gasteiger partial charge is 0.410 e. The maximum Gasteiger partial charge on any atom is 0.410 e. The Balaban J connectivity index is 2.09. The zero-order chi connectivity index (χ0) is 16.3. The number of amides is 1.